The molecule has 0 unspecified atom stereocenters. The van der Waals surface area contributed by atoms with Crippen LogP contribution in [0.1, 0.15) is 21.5 Å². The second-order valence-electron chi connectivity index (χ2n) is 4.91. The summed E-state index contributed by atoms with van der Waals surface area (Å²) in [5.74, 6) is -0.193. The van der Waals surface area contributed by atoms with E-state index in [-0.39, 0.29) is 5.91 Å². The molecule has 0 fully saturated rings. The van der Waals surface area contributed by atoms with Crippen LogP contribution in [-0.4, -0.2) is 19.1 Å². The lowest BCUT2D eigenvalue weighted by Gasteiger charge is -2.11. The topological polar surface area (TPSA) is 67.4 Å². The number of para-hydroxylation sites is 1. The molecule has 0 saturated carbocycles. The van der Waals surface area contributed by atoms with E-state index in [4.69, 9.17) is 0 Å². The van der Waals surface area contributed by atoms with Gasteiger partial charge in [-0.25, -0.2) is 4.79 Å². The van der Waals surface area contributed by atoms with E-state index in [2.05, 4.69) is 15.4 Å². The van der Waals surface area contributed by atoms with E-state index in [1.165, 1.54) is 7.11 Å². The van der Waals surface area contributed by atoms with Crippen molar-refractivity contribution in [3.63, 3.8) is 0 Å². The minimum atomic E-state index is -0.548. The molecule has 0 radical (unpaired) electrons. The summed E-state index contributed by atoms with van der Waals surface area (Å²) >= 11 is 0. The molecule has 0 saturated heterocycles. The van der Waals surface area contributed by atoms with Gasteiger partial charge >= 0.3 is 6.09 Å². The summed E-state index contributed by atoms with van der Waals surface area (Å²) in [5.41, 5.74) is 3.92. The molecular formula is C17H18N2O3. The van der Waals surface area contributed by atoms with Gasteiger partial charge in [-0.05, 0) is 49.2 Å². The lowest BCUT2D eigenvalue weighted by Crippen LogP contribution is -2.14. The van der Waals surface area contributed by atoms with Crippen molar-refractivity contribution in [2.24, 2.45) is 0 Å². The third-order valence-electron chi connectivity index (χ3n) is 3.30. The van der Waals surface area contributed by atoms with E-state index in [1.807, 2.05) is 32.0 Å². The van der Waals surface area contributed by atoms with Gasteiger partial charge in [-0.2, -0.15) is 0 Å². The SMILES string of the molecule is COC(=O)Nc1ccc(C(=O)Nc2c(C)cccc2C)cc1. The van der Waals surface area contributed by atoms with Crippen molar-refractivity contribution in [1.82, 2.24) is 0 Å². The van der Waals surface area contributed by atoms with Crippen LogP contribution in [0, 0.1) is 13.8 Å². The number of hydrogen-bond donors (Lipinski definition) is 2. The number of carbonyl (C=O) groups is 2. The van der Waals surface area contributed by atoms with Crippen LogP contribution in [0.4, 0.5) is 16.2 Å². The van der Waals surface area contributed by atoms with E-state index in [0.29, 0.717) is 11.3 Å². The van der Waals surface area contributed by atoms with Crippen LogP contribution in [0.5, 0.6) is 0 Å². The molecule has 2 N–H and O–H groups in total. The number of ether oxygens (including phenoxy) is 1. The van der Waals surface area contributed by atoms with Crippen LogP contribution in [0.3, 0.4) is 0 Å². The Labute approximate surface area is 129 Å². The highest BCUT2D eigenvalue weighted by Gasteiger charge is 2.10. The maximum absolute atomic E-state index is 12.3. The Hall–Kier alpha value is -2.82. The molecule has 0 aromatic heterocycles. The number of benzene rings is 2. The largest absolute Gasteiger partial charge is 0.453 e. The molecule has 0 aliphatic heterocycles. The number of nitrogens with one attached hydrogen (secondary N) is 2. The summed E-state index contributed by atoms with van der Waals surface area (Å²) in [6, 6.07) is 12.4. The van der Waals surface area contributed by atoms with E-state index >= 15 is 0 Å². The molecule has 5 heteroatoms. The first-order valence-electron chi connectivity index (χ1n) is 6.84. The van der Waals surface area contributed by atoms with Crippen molar-refractivity contribution in [3.8, 4) is 0 Å². The Balaban J connectivity index is 2.12. The standard InChI is InChI=1S/C17H18N2O3/c1-11-5-4-6-12(2)15(11)19-16(20)13-7-9-14(10-8-13)18-17(21)22-3/h4-10H,1-3H3,(H,18,21)(H,19,20). The molecule has 0 aliphatic rings. The second-order valence-corrected chi connectivity index (χ2v) is 4.91. The fourth-order valence-electron chi connectivity index (χ4n) is 2.07. The summed E-state index contributed by atoms with van der Waals surface area (Å²) in [6.07, 6.45) is -0.548. The van der Waals surface area contributed by atoms with Crippen LogP contribution in [0.15, 0.2) is 42.5 Å². The van der Waals surface area contributed by atoms with Crippen LogP contribution in [0.25, 0.3) is 0 Å². The van der Waals surface area contributed by atoms with Gasteiger partial charge in [-0.15, -0.1) is 0 Å². The van der Waals surface area contributed by atoms with Gasteiger partial charge in [0, 0.05) is 16.9 Å². The maximum atomic E-state index is 12.3. The quantitative estimate of drug-likeness (QED) is 0.907. The third-order valence-corrected chi connectivity index (χ3v) is 3.30. The summed E-state index contributed by atoms with van der Waals surface area (Å²) in [7, 11) is 1.29. The number of hydrogen-bond acceptors (Lipinski definition) is 3. The Bertz CT molecular complexity index is 673. The minimum Gasteiger partial charge on any atom is -0.453 e. The summed E-state index contributed by atoms with van der Waals surface area (Å²) in [5, 5.41) is 5.45. The van der Waals surface area contributed by atoms with Crippen LogP contribution in [0.2, 0.25) is 0 Å². The first kappa shape index (κ1) is 15.6. The fraction of sp³-hybridized carbons (Fsp3) is 0.176. The molecule has 2 aromatic rings. The highest BCUT2D eigenvalue weighted by molar-refractivity contribution is 6.05. The number of anilines is 2. The molecular weight excluding hydrogens is 280 g/mol. The maximum Gasteiger partial charge on any atom is 0.411 e. The lowest BCUT2D eigenvalue weighted by molar-refractivity contribution is 0.102. The summed E-state index contributed by atoms with van der Waals surface area (Å²) in [6.45, 7) is 3.90. The molecule has 2 rings (SSSR count). The minimum absolute atomic E-state index is 0.193. The van der Waals surface area contributed by atoms with Gasteiger partial charge in [0.1, 0.15) is 0 Å². The molecule has 0 aliphatic carbocycles. The molecule has 0 atom stereocenters. The summed E-state index contributed by atoms with van der Waals surface area (Å²) in [4.78, 5) is 23.4. The van der Waals surface area contributed by atoms with Crippen LogP contribution >= 0.6 is 0 Å². The van der Waals surface area contributed by atoms with Gasteiger partial charge in [0.2, 0.25) is 0 Å². The zero-order valence-corrected chi connectivity index (χ0v) is 12.8. The molecule has 22 heavy (non-hydrogen) atoms. The number of carbonyl (C=O) groups excluding carboxylic acids is 2. The first-order valence-corrected chi connectivity index (χ1v) is 6.84. The molecule has 2 aromatic carbocycles. The van der Waals surface area contributed by atoms with Crippen molar-refractivity contribution < 1.29 is 14.3 Å². The van der Waals surface area contributed by atoms with E-state index in [1.54, 1.807) is 24.3 Å². The van der Waals surface area contributed by atoms with Gasteiger partial charge in [-0.3, -0.25) is 10.1 Å². The van der Waals surface area contributed by atoms with Gasteiger partial charge in [0.05, 0.1) is 7.11 Å². The molecule has 2 amide bonds. The normalized spacial score (nSPS) is 9.95. The van der Waals surface area contributed by atoms with Crippen molar-refractivity contribution in [2.45, 2.75) is 13.8 Å². The smallest absolute Gasteiger partial charge is 0.411 e. The predicted octanol–water partition coefficient (Wildman–Crippen LogP) is 3.73. The predicted molar refractivity (Wildman–Crippen MR) is 86.3 cm³/mol. The molecule has 0 heterocycles. The summed E-state index contributed by atoms with van der Waals surface area (Å²) < 4.78 is 4.51. The van der Waals surface area contributed by atoms with Crippen LogP contribution in [-0.2, 0) is 4.74 Å². The average Bonchev–Trinajstić information content (AvgIpc) is 2.51. The highest BCUT2D eigenvalue weighted by atomic mass is 16.5. The third kappa shape index (κ3) is 3.63. The Kier molecular flexibility index (Phi) is 4.78. The van der Waals surface area contributed by atoms with Gasteiger partial charge < -0.3 is 10.1 Å². The zero-order valence-electron chi connectivity index (χ0n) is 12.8. The molecule has 5 nitrogen and oxygen atoms in total. The van der Waals surface area contributed by atoms with Gasteiger partial charge in [-0.1, -0.05) is 18.2 Å². The second kappa shape index (κ2) is 6.76. The molecule has 0 spiro atoms. The monoisotopic (exact) mass is 298 g/mol. The number of aryl methyl sites for hydroxylation is 2. The molecule has 0 bridgehead atoms. The fourth-order valence-corrected chi connectivity index (χ4v) is 2.07. The van der Waals surface area contributed by atoms with Crippen molar-refractivity contribution >= 4 is 23.4 Å². The Morgan fingerprint density at radius 2 is 1.50 bits per heavy atom. The average molecular weight is 298 g/mol. The van der Waals surface area contributed by atoms with E-state index in [0.717, 1.165) is 16.8 Å². The van der Waals surface area contributed by atoms with Crippen molar-refractivity contribution in [3.05, 3.63) is 59.2 Å². The molecule has 114 valence electrons. The van der Waals surface area contributed by atoms with Crippen LogP contribution < -0.4 is 10.6 Å². The van der Waals surface area contributed by atoms with E-state index < -0.39 is 6.09 Å². The Morgan fingerprint density at radius 3 is 2.05 bits per heavy atom. The first-order chi connectivity index (χ1) is 10.5. The zero-order chi connectivity index (χ0) is 16.1. The van der Waals surface area contributed by atoms with Gasteiger partial charge in [0.25, 0.3) is 5.91 Å². The van der Waals surface area contributed by atoms with Crippen molar-refractivity contribution in [2.75, 3.05) is 17.7 Å². The number of methoxy groups -OCH3 is 1. The lowest BCUT2D eigenvalue weighted by atomic mass is 10.1. The van der Waals surface area contributed by atoms with Crippen molar-refractivity contribution in [1.29, 1.82) is 0 Å². The highest BCUT2D eigenvalue weighted by Crippen LogP contribution is 2.20. The van der Waals surface area contributed by atoms with E-state index in [9.17, 15) is 9.59 Å². The number of amides is 2. The number of rotatable bonds is 3. The Morgan fingerprint density at radius 1 is 0.909 bits per heavy atom. The van der Waals surface area contributed by atoms with Gasteiger partial charge in [0.15, 0.2) is 0 Å².